The average Bonchev–Trinajstić information content (AvgIpc) is 3.15. The van der Waals surface area contributed by atoms with Crippen LogP contribution in [0.4, 0.5) is 11.4 Å². The Bertz CT molecular complexity index is 903. The van der Waals surface area contributed by atoms with E-state index in [0.29, 0.717) is 17.9 Å². The van der Waals surface area contributed by atoms with Crippen molar-refractivity contribution in [2.45, 2.75) is 6.54 Å². The summed E-state index contributed by atoms with van der Waals surface area (Å²) in [5.41, 5.74) is 2.20. The van der Waals surface area contributed by atoms with E-state index in [1.807, 2.05) is 36.5 Å². The molecule has 0 bridgehead atoms. The molecule has 0 aliphatic heterocycles. The minimum Gasteiger partial charge on any atom is -0.476 e. The number of hydrogen-bond acceptors (Lipinski definition) is 4. The predicted octanol–water partition coefficient (Wildman–Crippen LogP) is 2.17. The van der Waals surface area contributed by atoms with Crippen molar-refractivity contribution < 1.29 is 9.90 Å². The second-order valence-electron chi connectivity index (χ2n) is 5.33. The normalized spacial score (nSPS) is 10.4. The van der Waals surface area contributed by atoms with Gasteiger partial charge in [-0.2, -0.15) is 10.2 Å². The fraction of sp³-hybridized carbons (Fsp3) is 0.125. The first-order chi connectivity index (χ1) is 12.0. The van der Waals surface area contributed by atoms with Crippen LogP contribution < -0.4 is 10.6 Å². The van der Waals surface area contributed by atoms with E-state index in [1.54, 1.807) is 17.9 Å². The van der Waals surface area contributed by atoms with Gasteiger partial charge in [0.1, 0.15) is 0 Å². The van der Waals surface area contributed by atoms with Crippen LogP contribution in [0.2, 0.25) is 0 Å². The number of carboxylic acids is 1. The van der Waals surface area contributed by atoms with Crippen LogP contribution in [-0.4, -0.2) is 35.7 Å². The first kappa shape index (κ1) is 16.7. The van der Waals surface area contributed by atoms with E-state index in [0.717, 1.165) is 5.56 Å². The smallest absolute Gasteiger partial charge is 0.356 e. The summed E-state index contributed by atoms with van der Waals surface area (Å²) in [5.74, 6) is -1.08. The average molecular weight is 356 g/mol. The third kappa shape index (κ3) is 4.01. The molecule has 0 aliphatic rings. The highest BCUT2D eigenvalue weighted by molar-refractivity contribution is 7.80. The molecule has 0 spiro atoms. The van der Waals surface area contributed by atoms with Crippen molar-refractivity contribution in [1.82, 2.24) is 19.6 Å². The molecule has 1 aromatic carbocycles. The number of aryl methyl sites for hydroxylation is 1. The molecule has 3 N–H and O–H groups in total. The van der Waals surface area contributed by atoms with Gasteiger partial charge in [0.2, 0.25) is 0 Å². The monoisotopic (exact) mass is 356 g/mol. The molecule has 9 heteroatoms. The lowest BCUT2D eigenvalue weighted by Crippen LogP contribution is -2.20. The molecular formula is C16H16N6O2S. The summed E-state index contributed by atoms with van der Waals surface area (Å²) in [4.78, 5) is 11.2. The molecule has 2 aromatic heterocycles. The van der Waals surface area contributed by atoms with Gasteiger partial charge in [-0.25, -0.2) is 4.79 Å². The number of rotatable bonds is 5. The highest BCUT2D eigenvalue weighted by Gasteiger charge is 2.16. The number of benzene rings is 1. The van der Waals surface area contributed by atoms with Gasteiger partial charge < -0.3 is 15.7 Å². The number of aromatic carboxylic acids is 1. The Hall–Kier alpha value is -3.20. The summed E-state index contributed by atoms with van der Waals surface area (Å²) in [7, 11) is 1.55. The number of thiocarbonyl (C=S) groups is 1. The van der Waals surface area contributed by atoms with Gasteiger partial charge in [0.05, 0.1) is 30.3 Å². The SMILES string of the molecule is Cn1ncc(NC(=S)Nc2cnn(Cc3ccccc3)c2)c1C(=O)O. The maximum atomic E-state index is 11.2. The van der Waals surface area contributed by atoms with Gasteiger partial charge in [-0.05, 0) is 17.8 Å². The number of carboxylic acid groups (broad SMARTS) is 1. The Morgan fingerprint density at radius 3 is 2.68 bits per heavy atom. The lowest BCUT2D eigenvalue weighted by Gasteiger charge is -2.08. The molecule has 128 valence electrons. The molecule has 0 amide bonds. The van der Waals surface area contributed by atoms with Gasteiger partial charge in [-0.3, -0.25) is 9.36 Å². The van der Waals surface area contributed by atoms with Crippen LogP contribution >= 0.6 is 12.2 Å². The van der Waals surface area contributed by atoms with E-state index in [-0.39, 0.29) is 10.8 Å². The van der Waals surface area contributed by atoms with Crippen molar-refractivity contribution in [3.63, 3.8) is 0 Å². The molecule has 8 nitrogen and oxygen atoms in total. The zero-order valence-electron chi connectivity index (χ0n) is 13.4. The van der Waals surface area contributed by atoms with E-state index in [9.17, 15) is 9.90 Å². The summed E-state index contributed by atoms with van der Waals surface area (Å²) in [6, 6.07) is 9.97. The number of carbonyl (C=O) groups is 1. The highest BCUT2D eigenvalue weighted by atomic mass is 32.1. The maximum Gasteiger partial charge on any atom is 0.356 e. The van der Waals surface area contributed by atoms with E-state index in [2.05, 4.69) is 20.8 Å². The zero-order valence-corrected chi connectivity index (χ0v) is 14.2. The van der Waals surface area contributed by atoms with Crippen LogP contribution in [0.25, 0.3) is 0 Å². The van der Waals surface area contributed by atoms with E-state index in [1.165, 1.54) is 10.9 Å². The molecule has 0 unspecified atom stereocenters. The molecule has 0 saturated heterocycles. The number of nitrogens with zero attached hydrogens (tertiary/aromatic N) is 4. The second-order valence-corrected chi connectivity index (χ2v) is 5.74. The largest absolute Gasteiger partial charge is 0.476 e. The third-order valence-electron chi connectivity index (χ3n) is 3.47. The molecule has 2 heterocycles. The minimum absolute atomic E-state index is 0.0314. The van der Waals surface area contributed by atoms with Crippen LogP contribution in [0.15, 0.2) is 48.9 Å². The van der Waals surface area contributed by atoms with Crippen molar-refractivity contribution in [1.29, 1.82) is 0 Å². The summed E-state index contributed by atoms with van der Waals surface area (Å²) in [6.07, 6.45) is 4.89. The Labute approximate surface area is 149 Å². The van der Waals surface area contributed by atoms with Crippen LogP contribution in [-0.2, 0) is 13.6 Å². The first-order valence-corrected chi connectivity index (χ1v) is 7.83. The highest BCUT2D eigenvalue weighted by Crippen LogP contribution is 2.15. The maximum absolute atomic E-state index is 11.2. The van der Waals surface area contributed by atoms with E-state index in [4.69, 9.17) is 12.2 Å². The zero-order chi connectivity index (χ0) is 17.8. The van der Waals surface area contributed by atoms with Crippen molar-refractivity contribution >= 4 is 34.7 Å². The number of hydrogen-bond donors (Lipinski definition) is 3. The Balaban J connectivity index is 1.63. The standard InChI is InChI=1S/C16H16N6O2S/c1-21-14(15(23)24)13(8-17-21)20-16(25)19-12-7-18-22(10-12)9-11-5-3-2-4-6-11/h2-8,10H,9H2,1H3,(H,23,24)(H2,19,20,25). The second kappa shape index (κ2) is 7.14. The van der Waals surface area contributed by atoms with Crippen molar-refractivity contribution in [3.05, 3.63) is 60.2 Å². The van der Waals surface area contributed by atoms with E-state index >= 15 is 0 Å². The molecule has 25 heavy (non-hydrogen) atoms. The minimum atomic E-state index is -1.08. The summed E-state index contributed by atoms with van der Waals surface area (Å²) in [6.45, 7) is 0.647. The summed E-state index contributed by atoms with van der Waals surface area (Å²) in [5, 5.41) is 23.5. The molecule has 0 fully saturated rings. The van der Waals surface area contributed by atoms with Crippen molar-refractivity contribution in [2.75, 3.05) is 10.6 Å². The van der Waals surface area contributed by atoms with Gasteiger partial charge in [0, 0.05) is 13.2 Å². The Morgan fingerprint density at radius 1 is 1.20 bits per heavy atom. The number of nitrogens with one attached hydrogen (secondary N) is 2. The molecule has 3 aromatic rings. The first-order valence-electron chi connectivity index (χ1n) is 7.42. The molecule has 0 atom stereocenters. The Kier molecular flexibility index (Phi) is 4.75. The summed E-state index contributed by atoms with van der Waals surface area (Å²) < 4.78 is 3.05. The van der Waals surface area contributed by atoms with Gasteiger partial charge >= 0.3 is 5.97 Å². The molecule has 3 rings (SSSR count). The van der Waals surface area contributed by atoms with Crippen LogP contribution in [0.5, 0.6) is 0 Å². The van der Waals surface area contributed by atoms with Crippen LogP contribution in [0, 0.1) is 0 Å². The molecular weight excluding hydrogens is 340 g/mol. The lowest BCUT2D eigenvalue weighted by molar-refractivity contribution is 0.0686. The lowest BCUT2D eigenvalue weighted by atomic mass is 10.2. The van der Waals surface area contributed by atoms with Crippen molar-refractivity contribution in [3.8, 4) is 0 Å². The topological polar surface area (TPSA) is 97.0 Å². The van der Waals surface area contributed by atoms with Crippen molar-refractivity contribution in [2.24, 2.45) is 7.05 Å². The number of anilines is 2. The molecule has 0 radical (unpaired) electrons. The van der Waals surface area contributed by atoms with Gasteiger partial charge in [0.15, 0.2) is 10.8 Å². The van der Waals surface area contributed by atoms with E-state index < -0.39 is 5.97 Å². The van der Waals surface area contributed by atoms with Crippen LogP contribution in [0.1, 0.15) is 16.1 Å². The summed E-state index contributed by atoms with van der Waals surface area (Å²) >= 11 is 5.22. The van der Waals surface area contributed by atoms with Gasteiger partial charge in [-0.15, -0.1) is 0 Å². The fourth-order valence-electron chi connectivity index (χ4n) is 2.35. The molecule has 0 saturated carbocycles. The van der Waals surface area contributed by atoms with Gasteiger partial charge in [0.25, 0.3) is 0 Å². The third-order valence-corrected chi connectivity index (χ3v) is 3.67. The predicted molar refractivity (Wildman–Crippen MR) is 97.8 cm³/mol. The van der Waals surface area contributed by atoms with Gasteiger partial charge in [-0.1, -0.05) is 30.3 Å². The Morgan fingerprint density at radius 2 is 1.96 bits per heavy atom. The van der Waals surface area contributed by atoms with Crippen LogP contribution in [0.3, 0.4) is 0 Å². The quantitative estimate of drug-likeness (QED) is 0.603. The molecule has 0 aliphatic carbocycles. The fourth-order valence-corrected chi connectivity index (χ4v) is 2.58. The number of aromatic nitrogens is 4.